The van der Waals surface area contributed by atoms with Gasteiger partial charge in [0.1, 0.15) is 11.5 Å². The van der Waals surface area contributed by atoms with Crippen molar-refractivity contribution in [2.45, 2.75) is 52.1 Å². The molecule has 13 nitrogen and oxygen atoms in total. The normalized spacial score (nSPS) is 18.9. The number of methoxy groups -OCH3 is 2. The number of anilines is 2. The van der Waals surface area contributed by atoms with E-state index in [1.54, 1.807) is 26.6 Å². The van der Waals surface area contributed by atoms with E-state index in [9.17, 15) is 0 Å². The molecule has 310 valence electrons. The molecule has 0 radical (unpaired) electrons. The van der Waals surface area contributed by atoms with Crippen molar-refractivity contribution >= 4 is 55.1 Å². The lowest BCUT2D eigenvalue weighted by atomic mass is 9.99. The minimum atomic E-state index is 0.154. The second-order valence-electron chi connectivity index (χ2n) is 15.3. The number of ether oxygens (including phenoxy) is 4. The largest absolute Gasteiger partial charge is 0.495 e. The van der Waals surface area contributed by atoms with Gasteiger partial charge in [-0.15, -0.1) is 20.4 Å². The van der Waals surface area contributed by atoms with Crippen LogP contribution in [0.3, 0.4) is 0 Å². The van der Waals surface area contributed by atoms with Crippen LogP contribution in [0.5, 0.6) is 11.5 Å². The van der Waals surface area contributed by atoms with Gasteiger partial charge in [0.15, 0.2) is 17.3 Å². The van der Waals surface area contributed by atoms with Crippen molar-refractivity contribution < 1.29 is 18.9 Å². The Hall–Kier alpha value is -6.27. The Labute approximate surface area is 363 Å². The zero-order valence-electron chi connectivity index (χ0n) is 34.9. The molecule has 0 unspecified atom stereocenters. The second kappa shape index (κ2) is 18.1. The Morgan fingerprint density at radius 1 is 0.590 bits per heavy atom. The van der Waals surface area contributed by atoms with Gasteiger partial charge in [-0.05, 0) is 91.7 Å². The van der Waals surface area contributed by atoms with Crippen LogP contribution < -0.4 is 19.3 Å². The van der Waals surface area contributed by atoms with Gasteiger partial charge in [-0.2, -0.15) is 0 Å². The molecule has 61 heavy (non-hydrogen) atoms. The third-order valence-electron chi connectivity index (χ3n) is 10.7. The number of para-hydroxylation sites is 2. The van der Waals surface area contributed by atoms with Crippen molar-refractivity contribution in [3.8, 4) is 45.1 Å². The van der Waals surface area contributed by atoms with Crippen LogP contribution in [-0.4, -0.2) is 95.2 Å². The molecule has 7 aromatic rings. The third-order valence-corrected chi connectivity index (χ3v) is 11.3. The highest BCUT2D eigenvalue weighted by atomic mass is 79.9. The maximum atomic E-state index is 7.17. The topological polar surface area (TPSA) is 125 Å². The number of morpholine rings is 2. The van der Waals surface area contributed by atoms with Gasteiger partial charge in [0.2, 0.25) is 0 Å². The molecule has 0 saturated carbocycles. The van der Waals surface area contributed by atoms with Crippen LogP contribution in [0.1, 0.15) is 27.7 Å². The summed E-state index contributed by atoms with van der Waals surface area (Å²) in [6, 6.07) is 27.4. The van der Waals surface area contributed by atoms with Gasteiger partial charge in [0, 0.05) is 59.4 Å². The summed E-state index contributed by atoms with van der Waals surface area (Å²) in [5.41, 5.74) is 7.34. The fourth-order valence-corrected chi connectivity index (χ4v) is 8.59. The van der Waals surface area contributed by atoms with E-state index in [2.05, 4.69) is 83.6 Å². The first-order valence-corrected chi connectivity index (χ1v) is 21.0. The van der Waals surface area contributed by atoms with Crippen molar-refractivity contribution in [1.29, 1.82) is 0 Å². The average Bonchev–Trinajstić information content (AvgIpc) is 3.28. The summed E-state index contributed by atoms with van der Waals surface area (Å²) in [5, 5.41) is 19.7. The van der Waals surface area contributed by atoms with E-state index in [1.165, 1.54) is 0 Å². The number of nitrogens with zero attached hydrogens (tertiary/aromatic N) is 9. The number of aromatic nitrogens is 6. The minimum Gasteiger partial charge on any atom is -0.495 e. The molecule has 4 atom stereocenters. The quantitative estimate of drug-likeness (QED) is 0.142. The van der Waals surface area contributed by atoms with Gasteiger partial charge in [-0.1, -0.05) is 42.5 Å². The SMILES string of the molecule is COc1c(-c2ccc(N3C[C@@H](C)O[C@@H](C)C3)nn2)cnc2c(Br)cccc12.[C-]#[N+]c1ccc(-c2cccc3c(OC)c(-c4ccc(N5C[C@@H](C)O[C@@H](C)C5)nn4)cnc23)cc1. The first-order chi connectivity index (χ1) is 29.6. The highest BCUT2D eigenvalue weighted by Crippen LogP contribution is 2.40. The lowest BCUT2D eigenvalue weighted by Crippen LogP contribution is -2.45. The summed E-state index contributed by atoms with van der Waals surface area (Å²) < 4.78 is 24.1. The van der Waals surface area contributed by atoms with Gasteiger partial charge in [0.25, 0.3) is 0 Å². The summed E-state index contributed by atoms with van der Waals surface area (Å²) in [4.78, 5) is 17.3. The number of pyridine rings is 2. The lowest BCUT2D eigenvalue weighted by molar-refractivity contribution is -0.00576. The van der Waals surface area contributed by atoms with Gasteiger partial charge >= 0.3 is 0 Å². The maximum Gasteiger partial charge on any atom is 0.187 e. The zero-order chi connectivity index (χ0) is 42.6. The van der Waals surface area contributed by atoms with Crippen LogP contribution in [0.25, 0.3) is 60.3 Å². The molecule has 0 amide bonds. The predicted octanol–water partition coefficient (Wildman–Crippen LogP) is 9.61. The number of hydrogen-bond donors (Lipinski definition) is 0. The van der Waals surface area contributed by atoms with Crippen molar-refractivity contribution in [3.05, 3.63) is 113 Å². The molecule has 4 aromatic heterocycles. The molecule has 6 heterocycles. The number of halogens is 1. The van der Waals surface area contributed by atoms with Gasteiger partial charge in [0.05, 0.1) is 78.8 Å². The molecule has 0 N–H and O–H groups in total. The summed E-state index contributed by atoms with van der Waals surface area (Å²) in [5.74, 6) is 3.15. The van der Waals surface area contributed by atoms with Crippen LogP contribution in [-0.2, 0) is 9.47 Å². The third kappa shape index (κ3) is 8.81. The van der Waals surface area contributed by atoms with E-state index in [4.69, 9.17) is 30.5 Å². The van der Waals surface area contributed by atoms with E-state index in [0.29, 0.717) is 17.1 Å². The van der Waals surface area contributed by atoms with Gasteiger partial charge < -0.3 is 28.7 Å². The van der Waals surface area contributed by atoms with Crippen LogP contribution >= 0.6 is 15.9 Å². The standard InChI is InChI=1S/C27H25N5O2.C20H21BrN4O2/c1-17-15-32(16-18(2)34-17)25-13-12-24(30-31-25)23-14-29-26-21(6-5-7-22(26)27(23)33-4)19-8-10-20(28-3)11-9-19;1-12-10-25(11-13(2)27-12)18-8-7-17(23-24-18)15-9-22-19-14(20(15)26-3)5-4-6-16(19)21/h5-14,17-18H,15-16H2,1-2,4H3;4-9,12-13H,10-11H2,1-3H3/t17-,18+;12-,13+. The fraction of sp³-hybridized carbons (Fsp3) is 0.298. The van der Waals surface area contributed by atoms with Crippen molar-refractivity contribution in [2.75, 3.05) is 50.2 Å². The van der Waals surface area contributed by atoms with E-state index < -0.39 is 0 Å². The van der Waals surface area contributed by atoms with Gasteiger partial charge in [-0.3, -0.25) is 9.97 Å². The van der Waals surface area contributed by atoms with Gasteiger partial charge in [-0.25, -0.2) is 4.85 Å². The zero-order valence-corrected chi connectivity index (χ0v) is 36.5. The number of fused-ring (bicyclic) bond motifs is 2. The molecule has 0 spiro atoms. The first kappa shape index (κ1) is 41.5. The predicted molar refractivity (Wildman–Crippen MR) is 242 cm³/mol. The highest BCUT2D eigenvalue weighted by molar-refractivity contribution is 9.10. The van der Waals surface area contributed by atoms with Crippen LogP contribution in [0, 0.1) is 6.57 Å². The van der Waals surface area contributed by atoms with E-state index >= 15 is 0 Å². The monoisotopic (exact) mass is 879 g/mol. The molecule has 0 aliphatic carbocycles. The molecule has 14 heteroatoms. The Balaban J connectivity index is 0.000000173. The van der Waals surface area contributed by atoms with Crippen LogP contribution in [0.15, 0.2) is 102 Å². The highest BCUT2D eigenvalue weighted by Gasteiger charge is 2.25. The smallest absolute Gasteiger partial charge is 0.187 e. The molecule has 2 aliphatic heterocycles. The number of benzene rings is 3. The molecule has 2 aliphatic rings. The Morgan fingerprint density at radius 2 is 1.07 bits per heavy atom. The molecular formula is C47H46BrN9O4. The summed E-state index contributed by atoms with van der Waals surface area (Å²) in [7, 11) is 3.32. The van der Waals surface area contributed by atoms with E-state index in [-0.39, 0.29) is 24.4 Å². The fourth-order valence-electron chi connectivity index (χ4n) is 8.12. The average molecular weight is 881 g/mol. The molecule has 2 fully saturated rings. The first-order valence-electron chi connectivity index (χ1n) is 20.2. The summed E-state index contributed by atoms with van der Waals surface area (Å²) in [6.45, 7) is 18.7. The van der Waals surface area contributed by atoms with Crippen molar-refractivity contribution in [1.82, 2.24) is 30.4 Å². The van der Waals surface area contributed by atoms with Crippen LogP contribution in [0.2, 0.25) is 0 Å². The Kier molecular flexibility index (Phi) is 12.3. The Morgan fingerprint density at radius 3 is 1.52 bits per heavy atom. The van der Waals surface area contributed by atoms with Crippen LogP contribution in [0.4, 0.5) is 17.3 Å². The maximum absolute atomic E-state index is 7.17. The van der Waals surface area contributed by atoms with E-state index in [0.717, 1.165) is 97.8 Å². The van der Waals surface area contributed by atoms with Crippen molar-refractivity contribution in [2.24, 2.45) is 0 Å². The molecule has 9 rings (SSSR count). The Bertz CT molecular complexity index is 2680. The molecule has 0 bridgehead atoms. The summed E-state index contributed by atoms with van der Waals surface area (Å²) in [6.07, 6.45) is 4.25. The lowest BCUT2D eigenvalue weighted by Gasteiger charge is -2.35. The number of hydrogen-bond acceptors (Lipinski definition) is 12. The minimum absolute atomic E-state index is 0.154. The molecule has 2 saturated heterocycles. The number of rotatable bonds is 7. The molecule has 3 aromatic carbocycles. The second-order valence-corrected chi connectivity index (χ2v) is 16.1. The van der Waals surface area contributed by atoms with Crippen molar-refractivity contribution in [3.63, 3.8) is 0 Å². The van der Waals surface area contributed by atoms with E-state index in [1.807, 2.05) is 84.9 Å². The summed E-state index contributed by atoms with van der Waals surface area (Å²) >= 11 is 3.54. The molecular weight excluding hydrogens is 834 g/mol.